The van der Waals surface area contributed by atoms with Gasteiger partial charge >= 0.3 is 12.1 Å². The molecule has 7 heteroatoms. The minimum Gasteiger partial charge on any atom is -0.430 e. The fourth-order valence-corrected chi connectivity index (χ4v) is 5.27. The Labute approximate surface area is 231 Å². The smallest absolute Gasteiger partial charge is 0.417 e. The van der Waals surface area contributed by atoms with E-state index in [9.17, 15) is 22.8 Å². The van der Waals surface area contributed by atoms with Crippen molar-refractivity contribution in [2.24, 2.45) is 5.41 Å². The molecule has 0 unspecified atom stereocenters. The summed E-state index contributed by atoms with van der Waals surface area (Å²) in [5.41, 5.74) is -1.35. The number of esters is 1. The zero-order valence-corrected chi connectivity index (χ0v) is 24.0. The summed E-state index contributed by atoms with van der Waals surface area (Å²) in [6, 6.07) is 3.38. The van der Waals surface area contributed by atoms with Gasteiger partial charge in [0.1, 0.15) is 5.76 Å². The molecule has 0 saturated carbocycles. The van der Waals surface area contributed by atoms with E-state index in [-0.39, 0.29) is 35.5 Å². The van der Waals surface area contributed by atoms with Crippen LogP contribution in [0.3, 0.4) is 0 Å². The molecule has 0 aliphatic heterocycles. The molecule has 0 radical (unpaired) electrons. The quantitative estimate of drug-likeness (QED) is 0.150. The van der Waals surface area contributed by atoms with Gasteiger partial charge in [0.25, 0.3) is 0 Å². The lowest BCUT2D eigenvalue weighted by molar-refractivity contribution is -0.140. The van der Waals surface area contributed by atoms with E-state index < -0.39 is 28.1 Å². The molecule has 2 rings (SSSR count). The van der Waals surface area contributed by atoms with Gasteiger partial charge in [0, 0.05) is 19.3 Å². The molecule has 0 amide bonds. The first kappa shape index (κ1) is 32.4. The Morgan fingerprint density at radius 3 is 1.95 bits per heavy atom. The first-order valence-corrected chi connectivity index (χ1v) is 14.7. The molecule has 38 heavy (non-hydrogen) atoms. The molecule has 0 heterocycles. The Hall–Kier alpha value is -1.82. The average molecular weight is 557 g/mol. The number of carbonyl (C=O) groups is 2. The van der Waals surface area contributed by atoms with Crippen molar-refractivity contribution in [2.75, 3.05) is 0 Å². The first-order chi connectivity index (χ1) is 17.9. The minimum atomic E-state index is -4.66. The molecule has 0 saturated heterocycles. The van der Waals surface area contributed by atoms with Gasteiger partial charge in [-0.15, -0.1) is 0 Å². The largest absolute Gasteiger partial charge is 0.430 e. The Morgan fingerprint density at radius 1 is 0.895 bits per heavy atom. The van der Waals surface area contributed by atoms with Crippen molar-refractivity contribution in [1.82, 2.24) is 0 Å². The number of ether oxygens (including phenoxy) is 1. The van der Waals surface area contributed by atoms with Crippen LogP contribution in [-0.2, 0) is 20.5 Å². The van der Waals surface area contributed by atoms with Crippen LogP contribution in [0.5, 0.6) is 0 Å². The molecule has 1 aromatic carbocycles. The maximum atomic E-state index is 13.4. The van der Waals surface area contributed by atoms with Crippen LogP contribution in [0, 0.1) is 5.41 Å². The van der Waals surface area contributed by atoms with E-state index in [4.69, 9.17) is 16.3 Å². The number of halogens is 4. The molecule has 0 aromatic heterocycles. The fraction of sp³-hybridized carbons (Fsp3) is 0.677. The third kappa shape index (κ3) is 11.1. The van der Waals surface area contributed by atoms with Gasteiger partial charge in [-0.1, -0.05) is 115 Å². The summed E-state index contributed by atoms with van der Waals surface area (Å²) in [7, 11) is 0. The van der Waals surface area contributed by atoms with Crippen LogP contribution in [0.15, 0.2) is 24.0 Å². The summed E-state index contributed by atoms with van der Waals surface area (Å²) in [6.45, 7) is 5.99. The predicted molar refractivity (Wildman–Crippen MR) is 148 cm³/mol. The van der Waals surface area contributed by atoms with Crippen molar-refractivity contribution in [2.45, 2.75) is 130 Å². The summed E-state index contributed by atoms with van der Waals surface area (Å²) in [4.78, 5) is 25.6. The van der Waals surface area contributed by atoms with Crippen LogP contribution in [-0.4, -0.2) is 11.8 Å². The van der Waals surface area contributed by atoms with Crippen LogP contribution in [0.25, 0.3) is 5.57 Å². The van der Waals surface area contributed by atoms with Gasteiger partial charge in [0.2, 0.25) is 0 Å². The molecule has 1 aromatic rings. The van der Waals surface area contributed by atoms with E-state index in [1.165, 1.54) is 63.9 Å². The first-order valence-electron chi connectivity index (χ1n) is 14.3. The highest BCUT2D eigenvalue weighted by Gasteiger charge is 2.38. The van der Waals surface area contributed by atoms with Crippen molar-refractivity contribution < 1.29 is 27.5 Å². The lowest BCUT2D eigenvalue weighted by Gasteiger charge is -2.31. The highest BCUT2D eigenvalue weighted by atomic mass is 35.5. The van der Waals surface area contributed by atoms with Crippen LogP contribution in [0.1, 0.15) is 135 Å². The number of Topliss-reactive ketones (excluding diaryl/α,β-unsaturated/α-hetero) is 1. The lowest BCUT2D eigenvalue weighted by atomic mass is 9.75. The number of alkyl halides is 3. The number of ketones is 1. The third-order valence-corrected chi connectivity index (χ3v) is 7.45. The zero-order chi connectivity index (χ0) is 28.2. The highest BCUT2D eigenvalue weighted by Crippen LogP contribution is 2.43. The van der Waals surface area contributed by atoms with E-state index in [2.05, 4.69) is 6.92 Å². The highest BCUT2D eigenvalue weighted by molar-refractivity contribution is 6.31. The number of hydrogen-bond donors (Lipinski definition) is 0. The van der Waals surface area contributed by atoms with E-state index >= 15 is 0 Å². The number of rotatable bonds is 16. The maximum Gasteiger partial charge on any atom is 0.417 e. The SMILES string of the molecule is CCCCCCCCCCCCCCCC(=O)OC1=C(c2ccc(Cl)c(C(F)(F)F)c2)C(=O)CC(C)(C)C1. The van der Waals surface area contributed by atoms with Crippen LogP contribution in [0.2, 0.25) is 5.02 Å². The molecular weight excluding hydrogens is 513 g/mol. The Morgan fingerprint density at radius 2 is 1.42 bits per heavy atom. The van der Waals surface area contributed by atoms with Crippen molar-refractivity contribution in [3.8, 4) is 0 Å². The molecule has 0 atom stereocenters. The predicted octanol–water partition coefficient (Wildman–Crippen LogP) is 10.5. The van der Waals surface area contributed by atoms with E-state index in [1.807, 2.05) is 13.8 Å². The molecule has 1 aliphatic carbocycles. The monoisotopic (exact) mass is 556 g/mol. The van der Waals surface area contributed by atoms with Gasteiger partial charge < -0.3 is 4.74 Å². The number of allylic oxidation sites excluding steroid dienone is 2. The van der Waals surface area contributed by atoms with Crippen molar-refractivity contribution in [3.63, 3.8) is 0 Å². The zero-order valence-electron chi connectivity index (χ0n) is 23.3. The second kappa shape index (κ2) is 15.7. The number of unbranched alkanes of at least 4 members (excludes halogenated alkanes) is 12. The minimum absolute atomic E-state index is 0.0465. The Bertz CT molecular complexity index is 950. The lowest BCUT2D eigenvalue weighted by Crippen LogP contribution is -2.27. The topological polar surface area (TPSA) is 43.4 Å². The van der Waals surface area contributed by atoms with Gasteiger partial charge in [0.05, 0.1) is 16.2 Å². The second-order valence-corrected chi connectivity index (χ2v) is 11.8. The van der Waals surface area contributed by atoms with Gasteiger partial charge in [-0.25, -0.2) is 0 Å². The molecule has 1 aliphatic rings. The Balaban J connectivity index is 1.86. The van der Waals surface area contributed by atoms with Crippen LogP contribution in [0.4, 0.5) is 13.2 Å². The molecule has 0 spiro atoms. The summed E-state index contributed by atoms with van der Waals surface area (Å²) in [5, 5.41) is -0.439. The van der Waals surface area contributed by atoms with Crippen molar-refractivity contribution in [1.29, 1.82) is 0 Å². The summed E-state index contributed by atoms with van der Waals surface area (Å²) < 4.78 is 45.9. The van der Waals surface area contributed by atoms with Crippen LogP contribution < -0.4 is 0 Å². The molecule has 3 nitrogen and oxygen atoms in total. The Kier molecular flexibility index (Phi) is 13.4. The van der Waals surface area contributed by atoms with E-state index in [0.29, 0.717) is 12.8 Å². The van der Waals surface area contributed by atoms with Crippen molar-refractivity contribution >= 4 is 28.9 Å². The van der Waals surface area contributed by atoms with Crippen LogP contribution >= 0.6 is 11.6 Å². The number of benzene rings is 1. The standard InChI is InChI=1S/C31H44ClF3O3/c1-4-5-6-7-8-9-10-11-12-13-14-15-16-17-28(37)38-27-22-30(2,3)21-26(36)29(27)23-18-19-25(32)24(20-23)31(33,34)35/h18-20H,4-17,21-22H2,1-3H3. The average Bonchev–Trinajstić information content (AvgIpc) is 2.81. The van der Waals surface area contributed by atoms with Gasteiger partial charge in [-0.3, -0.25) is 9.59 Å². The summed E-state index contributed by atoms with van der Waals surface area (Å²) in [5.74, 6) is -0.627. The molecular formula is C31H44ClF3O3. The number of hydrogen-bond acceptors (Lipinski definition) is 3. The van der Waals surface area contributed by atoms with Crippen molar-refractivity contribution in [3.05, 3.63) is 40.1 Å². The van der Waals surface area contributed by atoms with Gasteiger partial charge in [-0.2, -0.15) is 13.2 Å². The van der Waals surface area contributed by atoms with E-state index in [1.54, 1.807) is 0 Å². The van der Waals surface area contributed by atoms with E-state index in [0.717, 1.165) is 31.4 Å². The summed E-state index contributed by atoms with van der Waals surface area (Å²) >= 11 is 5.76. The normalized spacial score (nSPS) is 15.7. The third-order valence-electron chi connectivity index (χ3n) is 7.12. The summed E-state index contributed by atoms with van der Waals surface area (Å²) in [6.07, 6.45) is 11.6. The molecule has 214 valence electrons. The van der Waals surface area contributed by atoms with Gasteiger partial charge in [-0.05, 0) is 29.5 Å². The van der Waals surface area contributed by atoms with Gasteiger partial charge in [0.15, 0.2) is 5.78 Å². The molecule has 0 bridgehead atoms. The molecule has 0 N–H and O–H groups in total. The second-order valence-electron chi connectivity index (χ2n) is 11.4. The fourth-order valence-electron chi connectivity index (χ4n) is 5.05. The molecule has 0 fully saturated rings. The maximum absolute atomic E-state index is 13.4. The number of carbonyl (C=O) groups excluding carboxylic acids is 2.